The molecule has 25 heavy (non-hydrogen) atoms. The third-order valence-electron chi connectivity index (χ3n) is 3.35. The van der Waals surface area contributed by atoms with Crippen molar-refractivity contribution in [3.8, 4) is 0 Å². The van der Waals surface area contributed by atoms with Crippen molar-refractivity contribution in [2.45, 2.75) is 0 Å². The number of thioether (sulfide) groups is 1. The summed E-state index contributed by atoms with van der Waals surface area (Å²) in [6, 6.07) is 7.21. The predicted octanol–water partition coefficient (Wildman–Crippen LogP) is 1.33. The molecule has 0 saturated carbocycles. The SMILES string of the molecule is O=C(CSC1=NC(=O)C2C=NN(CCO)C2=N1)Nc1ccc(Br)cc1. The largest absolute Gasteiger partial charge is 0.394 e. The number of amidine groups is 2. The number of amides is 2. The summed E-state index contributed by atoms with van der Waals surface area (Å²) in [6.07, 6.45) is 1.46. The summed E-state index contributed by atoms with van der Waals surface area (Å²) in [4.78, 5) is 32.2. The maximum absolute atomic E-state index is 12.0. The summed E-state index contributed by atoms with van der Waals surface area (Å²) < 4.78 is 0.923. The maximum Gasteiger partial charge on any atom is 0.264 e. The molecule has 2 heterocycles. The van der Waals surface area contributed by atoms with Crippen molar-refractivity contribution in [2.24, 2.45) is 21.0 Å². The molecule has 0 saturated heterocycles. The van der Waals surface area contributed by atoms with E-state index in [1.165, 1.54) is 11.2 Å². The van der Waals surface area contributed by atoms with E-state index in [9.17, 15) is 9.59 Å². The molecule has 0 aromatic heterocycles. The van der Waals surface area contributed by atoms with E-state index in [1.807, 2.05) is 12.1 Å². The highest BCUT2D eigenvalue weighted by atomic mass is 79.9. The number of halogens is 1. The molecule has 8 nitrogen and oxygen atoms in total. The number of hydrogen-bond donors (Lipinski definition) is 2. The molecule has 2 aliphatic heterocycles. The van der Waals surface area contributed by atoms with E-state index in [4.69, 9.17) is 5.11 Å². The smallest absolute Gasteiger partial charge is 0.264 e. The van der Waals surface area contributed by atoms with Gasteiger partial charge in [0.1, 0.15) is 11.8 Å². The lowest BCUT2D eigenvalue weighted by molar-refractivity contribution is -0.118. The van der Waals surface area contributed by atoms with E-state index in [-0.39, 0.29) is 35.9 Å². The number of β-amino-alcohol motifs (C(OH)–C–C–N with tert-alkyl or cyclic N) is 1. The molecular formula is C15H14BrN5O3S. The van der Waals surface area contributed by atoms with Gasteiger partial charge in [0, 0.05) is 16.4 Å². The van der Waals surface area contributed by atoms with Crippen LogP contribution in [-0.4, -0.2) is 58.1 Å². The molecule has 1 atom stereocenters. The zero-order valence-electron chi connectivity index (χ0n) is 12.9. The van der Waals surface area contributed by atoms with Crippen molar-refractivity contribution < 1.29 is 14.7 Å². The van der Waals surface area contributed by atoms with Crippen LogP contribution in [0.4, 0.5) is 5.69 Å². The van der Waals surface area contributed by atoms with Crippen LogP contribution in [0.25, 0.3) is 0 Å². The fraction of sp³-hybridized carbons (Fsp3) is 0.267. The monoisotopic (exact) mass is 423 g/mol. The minimum absolute atomic E-state index is 0.0739. The second-order valence-corrected chi connectivity index (χ2v) is 6.99. The fourth-order valence-electron chi connectivity index (χ4n) is 2.21. The van der Waals surface area contributed by atoms with Gasteiger partial charge < -0.3 is 10.4 Å². The lowest BCUT2D eigenvalue weighted by atomic mass is 10.1. The Balaban J connectivity index is 1.59. The molecule has 3 rings (SSSR count). The summed E-state index contributed by atoms with van der Waals surface area (Å²) in [7, 11) is 0. The number of hydrogen-bond acceptors (Lipinski definition) is 7. The van der Waals surface area contributed by atoms with Gasteiger partial charge in [0.05, 0.1) is 18.9 Å². The van der Waals surface area contributed by atoms with Gasteiger partial charge >= 0.3 is 0 Å². The van der Waals surface area contributed by atoms with E-state index in [2.05, 4.69) is 36.3 Å². The van der Waals surface area contributed by atoms with Gasteiger partial charge in [-0.05, 0) is 24.3 Å². The van der Waals surface area contributed by atoms with Gasteiger partial charge in [-0.15, -0.1) is 0 Å². The van der Waals surface area contributed by atoms with Gasteiger partial charge in [-0.2, -0.15) is 10.1 Å². The summed E-state index contributed by atoms with van der Waals surface area (Å²) in [5.74, 6) is -0.688. The molecule has 2 aliphatic rings. The average molecular weight is 424 g/mol. The normalized spacial score (nSPS) is 18.7. The van der Waals surface area contributed by atoms with Crippen LogP contribution in [0, 0.1) is 5.92 Å². The number of anilines is 1. The molecule has 1 unspecified atom stereocenters. The van der Waals surface area contributed by atoms with Gasteiger partial charge in [-0.3, -0.25) is 9.59 Å². The van der Waals surface area contributed by atoms with Crippen molar-refractivity contribution in [3.63, 3.8) is 0 Å². The highest BCUT2D eigenvalue weighted by Gasteiger charge is 2.35. The number of aliphatic hydroxyl groups is 1. The molecule has 1 aromatic rings. The minimum Gasteiger partial charge on any atom is -0.394 e. The van der Waals surface area contributed by atoms with Crippen LogP contribution in [0.1, 0.15) is 0 Å². The van der Waals surface area contributed by atoms with E-state index in [0.717, 1.165) is 16.2 Å². The molecule has 2 amide bonds. The highest BCUT2D eigenvalue weighted by molar-refractivity contribution is 9.10. The third kappa shape index (κ3) is 4.33. The van der Waals surface area contributed by atoms with Crippen LogP contribution >= 0.6 is 27.7 Å². The first kappa shape index (κ1) is 17.8. The minimum atomic E-state index is -0.604. The molecular weight excluding hydrogens is 410 g/mol. The Kier molecular flexibility index (Phi) is 5.61. The topological polar surface area (TPSA) is 107 Å². The molecule has 10 heteroatoms. The maximum atomic E-state index is 12.0. The van der Waals surface area contributed by atoms with Crippen LogP contribution < -0.4 is 5.32 Å². The molecule has 0 fully saturated rings. The number of fused-ring (bicyclic) bond motifs is 1. The Labute approximate surface area is 156 Å². The quantitative estimate of drug-likeness (QED) is 0.742. The number of aliphatic imine (C=N–C) groups is 2. The first-order chi connectivity index (χ1) is 12.1. The van der Waals surface area contributed by atoms with Gasteiger partial charge in [-0.25, -0.2) is 10.0 Å². The summed E-state index contributed by atoms with van der Waals surface area (Å²) >= 11 is 4.41. The van der Waals surface area contributed by atoms with E-state index < -0.39 is 5.92 Å². The van der Waals surface area contributed by atoms with Gasteiger partial charge in [0.15, 0.2) is 5.17 Å². The van der Waals surface area contributed by atoms with Gasteiger partial charge in [0.2, 0.25) is 5.91 Å². The highest BCUT2D eigenvalue weighted by Crippen LogP contribution is 2.21. The Morgan fingerprint density at radius 2 is 2.08 bits per heavy atom. The number of carbonyl (C=O) groups is 2. The molecule has 0 spiro atoms. The predicted molar refractivity (Wildman–Crippen MR) is 101 cm³/mol. The Morgan fingerprint density at radius 1 is 1.32 bits per heavy atom. The first-order valence-electron chi connectivity index (χ1n) is 7.38. The lowest BCUT2D eigenvalue weighted by Gasteiger charge is -2.19. The number of hydrazone groups is 1. The molecule has 1 aromatic carbocycles. The number of nitrogens with one attached hydrogen (secondary N) is 1. The Morgan fingerprint density at radius 3 is 2.80 bits per heavy atom. The van der Waals surface area contributed by atoms with Crippen LogP contribution in [0.3, 0.4) is 0 Å². The second kappa shape index (κ2) is 7.89. The second-order valence-electron chi connectivity index (χ2n) is 5.14. The van der Waals surface area contributed by atoms with Crippen molar-refractivity contribution >= 4 is 62.4 Å². The zero-order chi connectivity index (χ0) is 17.8. The standard InChI is InChI=1S/C15H14BrN5O3S/c16-9-1-3-10(4-2-9)18-12(23)8-25-15-19-13-11(14(24)20-15)7-17-21(13)5-6-22/h1-4,7,11,22H,5-6,8H2,(H,18,23). The number of rotatable bonds is 5. The van der Waals surface area contributed by atoms with Crippen LogP contribution in [0.5, 0.6) is 0 Å². The lowest BCUT2D eigenvalue weighted by Crippen LogP contribution is -2.35. The van der Waals surface area contributed by atoms with E-state index in [0.29, 0.717) is 11.5 Å². The van der Waals surface area contributed by atoms with Crippen molar-refractivity contribution in [3.05, 3.63) is 28.7 Å². The van der Waals surface area contributed by atoms with Crippen LogP contribution in [0.15, 0.2) is 43.8 Å². The van der Waals surface area contributed by atoms with Crippen LogP contribution in [0.2, 0.25) is 0 Å². The zero-order valence-corrected chi connectivity index (χ0v) is 15.3. The third-order valence-corrected chi connectivity index (χ3v) is 4.73. The van der Waals surface area contributed by atoms with Crippen molar-refractivity contribution in [1.82, 2.24) is 5.01 Å². The number of benzene rings is 1. The van der Waals surface area contributed by atoms with E-state index in [1.54, 1.807) is 12.1 Å². The molecule has 2 N–H and O–H groups in total. The Bertz CT molecular complexity index is 778. The van der Waals surface area contributed by atoms with E-state index >= 15 is 0 Å². The first-order valence-corrected chi connectivity index (χ1v) is 9.16. The molecule has 0 aliphatic carbocycles. The van der Waals surface area contributed by atoms with Crippen molar-refractivity contribution in [2.75, 3.05) is 24.2 Å². The molecule has 0 radical (unpaired) electrons. The number of aliphatic hydroxyl groups excluding tert-OH is 1. The summed E-state index contributed by atoms with van der Waals surface area (Å²) in [5, 5.41) is 17.5. The summed E-state index contributed by atoms with van der Waals surface area (Å²) in [6.45, 7) is 0.146. The van der Waals surface area contributed by atoms with Crippen LogP contribution in [-0.2, 0) is 9.59 Å². The van der Waals surface area contributed by atoms with Gasteiger partial charge in [-0.1, -0.05) is 27.7 Å². The van der Waals surface area contributed by atoms with Crippen molar-refractivity contribution in [1.29, 1.82) is 0 Å². The Hall–Kier alpha value is -2.04. The number of nitrogens with zero attached hydrogens (tertiary/aromatic N) is 4. The molecule has 130 valence electrons. The summed E-state index contributed by atoms with van der Waals surface area (Å²) in [5.41, 5.74) is 0.681. The number of carbonyl (C=O) groups excluding carboxylic acids is 2. The molecule has 0 bridgehead atoms. The van der Waals surface area contributed by atoms with Gasteiger partial charge in [0.25, 0.3) is 5.91 Å². The average Bonchev–Trinajstić information content (AvgIpc) is 2.99. The fourth-order valence-corrected chi connectivity index (χ4v) is 3.12.